The summed E-state index contributed by atoms with van der Waals surface area (Å²) in [5.74, 6) is 1.03. The molecule has 7 heteroatoms. The number of anilines is 1. The van der Waals surface area contributed by atoms with E-state index in [-0.39, 0.29) is 18.1 Å². The third-order valence-electron chi connectivity index (χ3n) is 3.74. The lowest BCUT2D eigenvalue weighted by Gasteiger charge is -2.06. The van der Waals surface area contributed by atoms with E-state index >= 15 is 0 Å². The van der Waals surface area contributed by atoms with E-state index in [1.807, 2.05) is 42.6 Å². The fourth-order valence-electron chi connectivity index (χ4n) is 2.44. The van der Waals surface area contributed by atoms with Crippen LogP contribution in [0.5, 0.6) is 5.75 Å². The summed E-state index contributed by atoms with van der Waals surface area (Å²) >= 11 is 2.84. The van der Waals surface area contributed by atoms with Crippen molar-refractivity contribution in [1.82, 2.24) is 4.98 Å². The summed E-state index contributed by atoms with van der Waals surface area (Å²) in [5, 5.41) is 4.70. The van der Waals surface area contributed by atoms with Crippen molar-refractivity contribution in [3.8, 4) is 5.75 Å². The largest absolute Gasteiger partial charge is 0.494 e. The molecule has 144 valence electrons. The molecule has 0 saturated carbocycles. The molecule has 0 spiro atoms. The highest BCUT2D eigenvalue weighted by Crippen LogP contribution is 2.24. The summed E-state index contributed by atoms with van der Waals surface area (Å²) in [5.41, 5.74) is 2.11. The Hall–Kier alpha value is -2.64. The van der Waals surface area contributed by atoms with Gasteiger partial charge in [-0.25, -0.2) is 4.98 Å². The average Bonchev–Trinajstić information content (AvgIpc) is 3.15. The number of hydrogen-bond acceptors (Lipinski definition) is 6. The molecule has 3 aromatic rings. The van der Waals surface area contributed by atoms with Gasteiger partial charge in [-0.1, -0.05) is 42.1 Å². The van der Waals surface area contributed by atoms with Gasteiger partial charge in [0.2, 0.25) is 5.91 Å². The van der Waals surface area contributed by atoms with E-state index in [2.05, 4.69) is 10.3 Å². The normalized spacial score (nSPS) is 10.5. The third-order valence-corrected chi connectivity index (χ3v) is 5.81. The van der Waals surface area contributed by atoms with Crippen LogP contribution in [0.15, 0.2) is 64.3 Å². The van der Waals surface area contributed by atoms with E-state index in [1.165, 1.54) is 23.1 Å². The lowest BCUT2D eigenvalue weighted by atomic mass is 10.2. The third kappa shape index (κ3) is 5.94. The van der Waals surface area contributed by atoms with Gasteiger partial charge in [0.25, 0.3) is 0 Å². The zero-order valence-electron chi connectivity index (χ0n) is 15.4. The first-order chi connectivity index (χ1) is 13.6. The number of ketones is 1. The van der Waals surface area contributed by atoms with Gasteiger partial charge in [0, 0.05) is 16.6 Å². The summed E-state index contributed by atoms with van der Waals surface area (Å²) in [6.07, 6.45) is 0.191. The standard InChI is InChI=1S/C21H20N2O3S2/c1-2-26-18-10-8-16(9-11-18)22-20(25)12-17-13-27-21(23-17)28-14-19(24)15-6-4-3-5-7-15/h3-11,13H,2,12,14H2,1H3,(H,22,25). The molecule has 0 unspecified atom stereocenters. The van der Waals surface area contributed by atoms with Crippen molar-refractivity contribution in [3.05, 3.63) is 71.2 Å². The predicted molar refractivity (Wildman–Crippen MR) is 114 cm³/mol. The minimum Gasteiger partial charge on any atom is -0.494 e. The zero-order valence-corrected chi connectivity index (χ0v) is 17.0. The van der Waals surface area contributed by atoms with Gasteiger partial charge in [-0.2, -0.15) is 0 Å². The summed E-state index contributed by atoms with van der Waals surface area (Å²) in [6, 6.07) is 16.4. The van der Waals surface area contributed by atoms with Gasteiger partial charge < -0.3 is 10.1 Å². The molecule has 1 N–H and O–H groups in total. The molecule has 0 fully saturated rings. The second-order valence-electron chi connectivity index (χ2n) is 5.86. The number of thiazole rings is 1. The monoisotopic (exact) mass is 412 g/mol. The summed E-state index contributed by atoms with van der Waals surface area (Å²) in [7, 11) is 0. The number of aromatic nitrogens is 1. The van der Waals surface area contributed by atoms with Crippen LogP contribution in [0.2, 0.25) is 0 Å². The molecule has 0 saturated heterocycles. The van der Waals surface area contributed by atoms with Gasteiger partial charge in [0.15, 0.2) is 10.1 Å². The molecule has 28 heavy (non-hydrogen) atoms. The molecule has 1 aromatic heterocycles. The maximum absolute atomic E-state index is 12.2. The highest BCUT2D eigenvalue weighted by molar-refractivity contribution is 8.01. The molecule has 0 aliphatic carbocycles. The highest BCUT2D eigenvalue weighted by atomic mass is 32.2. The Labute approximate surface area is 172 Å². The van der Waals surface area contributed by atoms with Crippen LogP contribution in [0, 0.1) is 0 Å². The number of hydrogen-bond donors (Lipinski definition) is 1. The van der Waals surface area contributed by atoms with Gasteiger partial charge in [-0.05, 0) is 31.2 Å². The summed E-state index contributed by atoms with van der Waals surface area (Å²) < 4.78 is 6.17. The molecule has 1 amide bonds. The quantitative estimate of drug-likeness (QED) is 0.408. The number of amides is 1. The average molecular weight is 413 g/mol. The van der Waals surface area contributed by atoms with Crippen LogP contribution in [0.25, 0.3) is 0 Å². The maximum Gasteiger partial charge on any atom is 0.230 e. The minimum atomic E-state index is -0.133. The van der Waals surface area contributed by atoms with Crippen molar-refractivity contribution in [2.45, 2.75) is 17.7 Å². The van der Waals surface area contributed by atoms with Crippen molar-refractivity contribution in [2.75, 3.05) is 17.7 Å². The van der Waals surface area contributed by atoms with Crippen LogP contribution in [-0.4, -0.2) is 29.0 Å². The number of rotatable bonds is 9. The number of carbonyl (C=O) groups excluding carboxylic acids is 2. The van der Waals surface area contributed by atoms with Crippen LogP contribution >= 0.6 is 23.1 Å². The first kappa shape index (κ1) is 20.1. The topological polar surface area (TPSA) is 68.3 Å². The zero-order chi connectivity index (χ0) is 19.8. The molecule has 0 aliphatic rings. The molecule has 3 rings (SSSR count). The lowest BCUT2D eigenvalue weighted by Crippen LogP contribution is -2.14. The van der Waals surface area contributed by atoms with Crippen molar-refractivity contribution in [1.29, 1.82) is 0 Å². The fraction of sp³-hybridized carbons (Fsp3) is 0.190. The van der Waals surface area contributed by atoms with Crippen LogP contribution in [0.4, 0.5) is 5.69 Å². The molecule has 0 aliphatic heterocycles. The molecule has 5 nitrogen and oxygen atoms in total. The highest BCUT2D eigenvalue weighted by Gasteiger charge is 2.11. The summed E-state index contributed by atoms with van der Waals surface area (Å²) in [6.45, 7) is 2.53. The second-order valence-corrected chi connectivity index (χ2v) is 7.95. The van der Waals surface area contributed by atoms with E-state index in [9.17, 15) is 9.59 Å². The number of thioether (sulfide) groups is 1. The van der Waals surface area contributed by atoms with E-state index in [0.29, 0.717) is 29.3 Å². The van der Waals surface area contributed by atoms with Crippen molar-refractivity contribution in [3.63, 3.8) is 0 Å². The maximum atomic E-state index is 12.2. The smallest absolute Gasteiger partial charge is 0.230 e. The molecular weight excluding hydrogens is 392 g/mol. The van der Waals surface area contributed by atoms with Crippen LogP contribution in [-0.2, 0) is 11.2 Å². The van der Waals surface area contributed by atoms with Crippen LogP contribution < -0.4 is 10.1 Å². The molecule has 1 heterocycles. The Morgan fingerprint density at radius 2 is 1.86 bits per heavy atom. The Morgan fingerprint density at radius 1 is 1.11 bits per heavy atom. The minimum absolute atomic E-state index is 0.0654. The number of nitrogens with zero attached hydrogens (tertiary/aromatic N) is 1. The fourth-order valence-corrected chi connectivity index (χ4v) is 4.18. The number of carbonyl (C=O) groups is 2. The molecule has 2 aromatic carbocycles. The predicted octanol–water partition coefficient (Wildman–Crippen LogP) is 4.70. The molecular formula is C21H20N2O3S2. The molecule has 0 radical (unpaired) electrons. The number of nitrogens with one attached hydrogen (secondary N) is 1. The van der Waals surface area contributed by atoms with Gasteiger partial charge in [0.1, 0.15) is 5.75 Å². The lowest BCUT2D eigenvalue weighted by molar-refractivity contribution is -0.115. The van der Waals surface area contributed by atoms with E-state index in [4.69, 9.17) is 4.74 Å². The first-order valence-electron chi connectivity index (χ1n) is 8.82. The Kier molecular flexibility index (Phi) is 7.22. The Morgan fingerprint density at radius 3 is 2.57 bits per heavy atom. The van der Waals surface area contributed by atoms with Crippen molar-refractivity contribution >= 4 is 40.5 Å². The number of benzene rings is 2. The summed E-state index contributed by atoms with van der Waals surface area (Å²) in [4.78, 5) is 28.8. The molecule has 0 atom stereocenters. The number of ether oxygens (including phenoxy) is 1. The Bertz CT molecular complexity index is 924. The van der Waals surface area contributed by atoms with Gasteiger partial charge in [-0.3, -0.25) is 9.59 Å². The molecule has 0 bridgehead atoms. The van der Waals surface area contributed by atoms with Gasteiger partial charge in [0.05, 0.1) is 24.5 Å². The van der Waals surface area contributed by atoms with E-state index in [1.54, 1.807) is 24.3 Å². The number of Topliss-reactive ketones (excluding diaryl/α,β-unsaturated/α-hetero) is 1. The SMILES string of the molecule is CCOc1ccc(NC(=O)Cc2csc(SCC(=O)c3ccccc3)n2)cc1. The first-order valence-corrected chi connectivity index (χ1v) is 10.7. The Balaban J connectivity index is 1.48. The van der Waals surface area contributed by atoms with Gasteiger partial charge in [-0.15, -0.1) is 11.3 Å². The van der Waals surface area contributed by atoms with Crippen molar-refractivity contribution in [2.24, 2.45) is 0 Å². The van der Waals surface area contributed by atoms with Crippen molar-refractivity contribution < 1.29 is 14.3 Å². The van der Waals surface area contributed by atoms with Crippen LogP contribution in [0.1, 0.15) is 23.0 Å². The van der Waals surface area contributed by atoms with E-state index in [0.717, 1.165) is 10.1 Å². The van der Waals surface area contributed by atoms with E-state index < -0.39 is 0 Å². The van der Waals surface area contributed by atoms with Crippen LogP contribution in [0.3, 0.4) is 0 Å². The van der Waals surface area contributed by atoms with Gasteiger partial charge >= 0.3 is 0 Å². The second kappa shape index (κ2) is 10.1.